The first kappa shape index (κ1) is 18.6. The number of alkyl carbamates (subject to hydrolysis) is 1. The minimum absolute atomic E-state index is 0.0195. The van der Waals surface area contributed by atoms with Crippen molar-refractivity contribution in [2.24, 2.45) is 5.92 Å². The lowest BCUT2D eigenvalue weighted by Gasteiger charge is -2.44. The van der Waals surface area contributed by atoms with Gasteiger partial charge in [-0.3, -0.25) is 4.90 Å². The lowest BCUT2D eigenvalue weighted by Crippen LogP contribution is -2.52. The highest BCUT2D eigenvalue weighted by Gasteiger charge is 2.37. The number of fused-ring (bicyclic) bond motifs is 4. The second kappa shape index (κ2) is 7.79. The van der Waals surface area contributed by atoms with E-state index in [1.807, 2.05) is 0 Å². The average molecular weight is 394 g/mol. The van der Waals surface area contributed by atoms with Crippen LogP contribution in [0.2, 0.25) is 0 Å². The molecule has 2 bridgehead atoms. The van der Waals surface area contributed by atoms with Crippen LogP contribution in [0.4, 0.5) is 9.18 Å². The molecule has 29 heavy (non-hydrogen) atoms. The molecule has 3 saturated heterocycles. The summed E-state index contributed by atoms with van der Waals surface area (Å²) in [6, 6.07) is 12.9. The van der Waals surface area contributed by atoms with Crippen molar-refractivity contribution in [3.63, 3.8) is 0 Å². The molecule has 5 heteroatoms. The van der Waals surface area contributed by atoms with Gasteiger partial charge in [0.1, 0.15) is 11.9 Å². The summed E-state index contributed by atoms with van der Waals surface area (Å²) in [5.74, 6) is 0.274. The van der Waals surface area contributed by atoms with Crippen molar-refractivity contribution in [3.8, 4) is 11.1 Å². The number of amides is 1. The second-order valence-electron chi connectivity index (χ2n) is 8.59. The summed E-state index contributed by atoms with van der Waals surface area (Å²) in [7, 11) is 0. The number of nitrogens with one attached hydrogen (secondary N) is 1. The molecule has 6 rings (SSSR count). The van der Waals surface area contributed by atoms with Gasteiger partial charge in [-0.05, 0) is 91.6 Å². The first-order valence-corrected chi connectivity index (χ1v) is 10.7. The van der Waals surface area contributed by atoms with Crippen LogP contribution in [0.15, 0.2) is 42.5 Å². The quantitative estimate of drug-likeness (QED) is 0.821. The first-order valence-electron chi connectivity index (χ1n) is 10.7. The Morgan fingerprint density at radius 1 is 1.03 bits per heavy atom. The molecule has 0 saturated carbocycles. The molecule has 0 radical (unpaired) electrons. The highest BCUT2D eigenvalue weighted by atomic mass is 19.1. The smallest absolute Gasteiger partial charge is 0.407 e. The zero-order chi connectivity index (χ0) is 19.8. The Bertz CT molecular complexity index is 890. The minimum atomic E-state index is -0.297. The molecular formula is C24H27FN2O2. The normalized spacial score (nSPS) is 27.9. The topological polar surface area (TPSA) is 41.6 Å². The van der Waals surface area contributed by atoms with Gasteiger partial charge in [-0.25, -0.2) is 9.18 Å². The lowest BCUT2D eigenvalue weighted by molar-refractivity contribution is -0.0340. The van der Waals surface area contributed by atoms with Gasteiger partial charge in [0.2, 0.25) is 0 Å². The predicted molar refractivity (Wildman–Crippen MR) is 110 cm³/mol. The largest absolute Gasteiger partial charge is 0.445 e. The van der Waals surface area contributed by atoms with E-state index in [2.05, 4.69) is 28.4 Å². The van der Waals surface area contributed by atoms with Gasteiger partial charge < -0.3 is 10.1 Å². The fraction of sp³-hybridized carbons (Fsp3) is 0.458. The van der Waals surface area contributed by atoms with E-state index in [1.54, 1.807) is 12.1 Å². The maximum atomic E-state index is 13.3. The zero-order valence-corrected chi connectivity index (χ0v) is 16.6. The summed E-state index contributed by atoms with van der Waals surface area (Å²) < 4.78 is 19.1. The fourth-order valence-corrected chi connectivity index (χ4v) is 5.13. The number of ether oxygens (including phenoxy) is 1. The molecule has 2 atom stereocenters. The van der Waals surface area contributed by atoms with E-state index in [1.165, 1.54) is 17.7 Å². The number of nitrogens with zero attached hydrogens (tertiary/aromatic N) is 1. The van der Waals surface area contributed by atoms with E-state index in [-0.39, 0.29) is 24.1 Å². The summed E-state index contributed by atoms with van der Waals surface area (Å²) in [6.07, 6.45) is 4.96. The monoisotopic (exact) mass is 394 g/mol. The van der Waals surface area contributed by atoms with Crippen molar-refractivity contribution in [2.75, 3.05) is 19.6 Å². The number of carbonyl (C=O) groups is 1. The first-order chi connectivity index (χ1) is 14.2. The third kappa shape index (κ3) is 3.88. The van der Waals surface area contributed by atoms with Gasteiger partial charge in [0.05, 0.1) is 6.04 Å². The van der Waals surface area contributed by atoms with Gasteiger partial charge in [0.15, 0.2) is 0 Å². The fourth-order valence-electron chi connectivity index (χ4n) is 5.13. The molecule has 3 fully saturated rings. The van der Waals surface area contributed by atoms with Gasteiger partial charge in [-0.2, -0.15) is 0 Å². The number of carbonyl (C=O) groups excluding carboxylic acids is 1. The molecule has 3 heterocycles. The van der Waals surface area contributed by atoms with Crippen LogP contribution in [0, 0.1) is 11.7 Å². The van der Waals surface area contributed by atoms with Crippen molar-refractivity contribution in [1.82, 2.24) is 10.2 Å². The minimum Gasteiger partial charge on any atom is -0.445 e. The maximum absolute atomic E-state index is 13.3. The van der Waals surface area contributed by atoms with Crippen LogP contribution in [0.5, 0.6) is 0 Å². The number of rotatable bonds is 3. The van der Waals surface area contributed by atoms with Gasteiger partial charge in [0, 0.05) is 6.54 Å². The molecule has 2 aromatic rings. The van der Waals surface area contributed by atoms with Crippen LogP contribution in [0.25, 0.3) is 11.1 Å². The Balaban J connectivity index is 1.31. The standard InChI is InChI=1S/C24H27FN2O2/c25-20-8-6-16(7-9-20)19-5-4-17-2-1-3-22(21(17)14-19)26-24(28)29-23-15-27-12-10-18(23)11-13-27/h4-9,14,18,22-23H,1-3,10-13,15H2,(H,26,28)/t22?,23-/m0/s1. The molecule has 4 nitrogen and oxygen atoms in total. The summed E-state index contributed by atoms with van der Waals surface area (Å²) in [5.41, 5.74) is 4.45. The van der Waals surface area contributed by atoms with Gasteiger partial charge in [-0.15, -0.1) is 0 Å². The third-order valence-corrected chi connectivity index (χ3v) is 6.78. The molecule has 1 N–H and O–H groups in total. The summed E-state index contributed by atoms with van der Waals surface area (Å²) in [4.78, 5) is 15.1. The van der Waals surface area contributed by atoms with Crippen molar-refractivity contribution in [2.45, 2.75) is 44.2 Å². The third-order valence-electron chi connectivity index (χ3n) is 6.78. The summed E-state index contributed by atoms with van der Waals surface area (Å²) >= 11 is 0. The maximum Gasteiger partial charge on any atom is 0.407 e. The predicted octanol–water partition coefficient (Wildman–Crippen LogP) is 4.69. The molecule has 0 spiro atoms. The Morgan fingerprint density at radius 3 is 2.52 bits per heavy atom. The van der Waals surface area contributed by atoms with Gasteiger partial charge in [0.25, 0.3) is 0 Å². The van der Waals surface area contributed by atoms with E-state index in [4.69, 9.17) is 4.74 Å². The number of benzene rings is 2. The lowest BCUT2D eigenvalue weighted by atomic mass is 9.85. The van der Waals surface area contributed by atoms with Crippen LogP contribution in [0.3, 0.4) is 0 Å². The second-order valence-corrected chi connectivity index (χ2v) is 8.59. The molecule has 0 aromatic heterocycles. The number of hydrogen-bond donors (Lipinski definition) is 1. The molecular weight excluding hydrogens is 367 g/mol. The van der Waals surface area contributed by atoms with Crippen molar-refractivity contribution < 1.29 is 13.9 Å². The summed E-state index contributed by atoms with van der Waals surface area (Å²) in [6.45, 7) is 3.14. The van der Waals surface area contributed by atoms with Crippen LogP contribution in [-0.2, 0) is 11.2 Å². The van der Waals surface area contributed by atoms with E-state index >= 15 is 0 Å². The van der Waals surface area contributed by atoms with E-state index in [0.717, 1.165) is 68.4 Å². The van der Waals surface area contributed by atoms with E-state index < -0.39 is 0 Å². The van der Waals surface area contributed by atoms with Gasteiger partial charge in [-0.1, -0.05) is 24.3 Å². The highest BCUT2D eigenvalue weighted by molar-refractivity contribution is 5.70. The van der Waals surface area contributed by atoms with Crippen molar-refractivity contribution in [1.29, 1.82) is 0 Å². The van der Waals surface area contributed by atoms with Gasteiger partial charge >= 0.3 is 6.09 Å². The number of aryl methyl sites for hydroxylation is 1. The van der Waals surface area contributed by atoms with Crippen molar-refractivity contribution in [3.05, 3.63) is 59.4 Å². The molecule has 1 amide bonds. The average Bonchev–Trinajstić information content (AvgIpc) is 2.75. The zero-order valence-electron chi connectivity index (χ0n) is 16.6. The molecule has 1 unspecified atom stereocenters. The number of hydrogen-bond acceptors (Lipinski definition) is 3. The SMILES string of the molecule is O=C(NC1CCCc2ccc(-c3ccc(F)cc3)cc21)O[C@H]1CN2CCC1CC2. The molecule has 152 valence electrons. The van der Waals surface area contributed by atoms with Crippen LogP contribution in [-0.4, -0.2) is 36.7 Å². The Morgan fingerprint density at radius 2 is 1.79 bits per heavy atom. The van der Waals surface area contributed by atoms with Crippen LogP contribution < -0.4 is 5.32 Å². The van der Waals surface area contributed by atoms with E-state index in [9.17, 15) is 9.18 Å². The van der Waals surface area contributed by atoms with Crippen LogP contribution in [0.1, 0.15) is 42.9 Å². The molecule has 2 aromatic carbocycles. The molecule has 4 aliphatic rings. The Labute approximate surface area is 171 Å². The summed E-state index contributed by atoms with van der Waals surface area (Å²) in [5, 5.41) is 3.13. The Kier molecular flexibility index (Phi) is 5.00. The molecule has 3 aliphatic heterocycles. The van der Waals surface area contributed by atoms with Crippen LogP contribution >= 0.6 is 0 Å². The molecule has 1 aliphatic carbocycles. The van der Waals surface area contributed by atoms with Crippen molar-refractivity contribution >= 4 is 6.09 Å². The number of piperidine rings is 3. The number of halogens is 1. The Hall–Kier alpha value is -2.40. The highest BCUT2D eigenvalue weighted by Crippen LogP contribution is 2.34. The van der Waals surface area contributed by atoms with E-state index in [0.29, 0.717) is 5.92 Å².